The Hall–Kier alpha value is -1.94. The molecule has 4 heteroatoms. The van der Waals surface area contributed by atoms with Crippen LogP contribution in [0, 0.1) is 28.6 Å². The minimum atomic E-state index is -0.123. The maximum absolute atomic E-state index is 10.2. The van der Waals surface area contributed by atoms with Crippen LogP contribution < -0.4 is 0 Å². The molecular weight excluding hydrogens is 358 g/mol. The van der Waals surface area contributed by atoms with E-state index in [2.05, 4.69) is 36.1 Å². The van der Waals surface area contributed by atoms with Gasteiger partial charge in [0.05, 0.1) is 12.3 Å². The maximum atomic E-state index is 10.2. The van der Waals surface area contributed by atoms with Gasteiger partial charge in [-0.3, -0.25) is 0 Å². The molecule has 1 N–H and O–H groups in total. The molecule has 2 heterocycles. The van der Waals surface area contributed by atoms with Gasteiger partial charge in [-0.2, -0.15) is 5.10 Å². The summed E-state index contributed by atoms with van der Waals surface area (Å²) < 4.78 is 1.91. The van der Waals surface area contributed by atoms with Gasteiger partial charge in [-0.15, -0.1) is 0 Å². The third-order valence-electron chi connectivity index (χ3n) is 9.23. The average Bonchev–Trinajstić information content (AvgIpc) is 3.29. The second kappa shape index (κ2) is 6.04. The van der Waals surface area contributed by atoms with Gasteiger partial charge in [-0.05, 0) is 85.2 Å². The van der Waals surface area contributed by atoms with Crippen LogP contribution in [-0.4, -0.2) is 25.8 Å². The smallest absolute Gasteiger partial charge is 0.162 e. The Labute approximate surface area is 172 Å². The quantitative estimate of drug-likeness (QED) is 0.695. The Morgan fingerprint density at radius 1 is 1.07 bits per heavy atom. The Morgan fingerprint density at radius 3 is 2.83 bits per heavy atom. The van der Waals surface area contributed by atoms with Crippen LogP contribution in [0.15, 0.2) is 42.4 Å². The number of allylic oxidation sites excluding steroid dienone is 3. The lowest BCUT2D eigenvalue weighted by Crippen LogP contribution is -2.49. The predicted octanol–water partition coefficient (Wildman–Crippen LogP) is 5.05. The molecule has 2 aromatic heterocycles. The first-order chi connectivity index (χ1) is 14.0. The van der Waals surface area contributed by atoms with Crippen LogP contribution in [0.1, 0.15) is 64.4 Å². The van der Waals surface area contributed by atoms with E-state index >= 15 is 0 Å². The normalized spacial score (nSPS) is 41.3. The number of aromatic nitrogens is 3. The molecule has 2 fully saturated rings. The largest absolute Gasteiger partial charge is 0.393 e. The van der Waals surface area contributed by atoms with Gasteiger partial charge in [0.15, 0.2) is 5.65 Å². The third-order valence-corrected chi connectivity index (χ3v) is 9.23. The van der Waals surface area contributed by atoms with E-state index in [1.807, 2.05) is 29.2 Å². The van der Waals surface area contributed by atoms with Crippen molar-refractivity contribution in [1.82, 2.24) is 14.6 Å². The van der Waals surface area contributed by atoms with Crippen molar-refractivity contribution >= 4 is 11.2 Å². The van der Waals surface area contributed by atoms with Gasteiger partial charge in [0.25, 0.3) is 0 Å². The van der Waals surface area contributed by atoms with Crippen molar-refractivity contribution in [3.63, 3.8) is 0 Å². The summed E-state index contributed by atoms with van der Waals surface area (Å²) in [6.07, 6.45) is 18.7. The van der Waals surface area contributed by atoms with Gasteiger partial charge in [-0.1, -0.05) is 31.6 Å². The number of fused-ring (bicyclic) bond motifs is 6. The van der Waals surface area contributed by atoms with Crippen LogP contribution in [-0.2, 0) is 0 Å². The molecule has 0 unspecified atom stereocenters. The van der Waals surface area contributed by atoms with Crippen LogP contribution in [0.2, 0.25) is 0 Å². The average molecular weight is 390 g/mol. The molecule has 0 spiro atoms. The monoisotopic (exact) mass is 389 g/mol. The fraction of sp³-hybridized carbons (Fsp3) is 0.600. The predicted molar refractivity (Wildman–Crippen MR) is 114 cm³/mol. The zero-order valence-corrected chi connectivity index (χ0v) is 17.5. The lowest BCUT2D eigenvalue weighted by Gasteiger charge is -2.57. The third kappa shape index (κ3) is 2.35. The lowest BCUT2D eigenvalue weighted by atomic mass is 9.47. The van der Waals surface area contributed by atoms with Gasteiger partial charge in [0.1, 0.15) is 0 Å². The summed E-state index contributed by atoms with van der Waals surface area (Å²) in [6, 6.07) is 1.94. The molecule has 4 aliphatic rings. The number of nitrogens with zero attached hydrogens (tertiary/aromatic N) is 3. The summed E-state index contributed by atoms with van der Waals surface area (Å²) in [4.78, 5) is 4.63. The van der Waals surface area contributed by atoms with Crippen molar-refractivity contribution in [2.24, 2.45) is 28.6 Å². The molecule has 2 saturated carbocycles. The highest BCUT2D eigenvalue weighted by Gasteiger charge is 2.57. The van der Waals surface area contributed by atoms with Crippen molar-refractivity contribution in [1.29, 1.82) is 0 Å². The molecule has 0 aliphatic heterocycles. The van der Waals surface area contributed by atoms with Crippen molar-refractivity contribution in [2.45, 2.75) is 64.9 Å². The first-order valence-electron chi connectivity index (χ1n) is 11.4. The summed E-state index contributed by atoms with van der Waals surface area (Å²) in [5.74, 6) is 2.22. The molecule has 0 saturated heterocycles. The molecule has 4 nitrogen and oxygen atoms in total. The minimum absolute atomic E-state index is 0.123. The molecule has 0 radical (unpaired) electrons. The highest BCUT2D eigenvalue weighted by molar-refractivity contribution is 5.80. The van der Waals surface area contributed by atoms with Gasteiger partial charge in [0, 0.05) is 18.0 Å². The zero-order valence-electron chi connectivity index (χ0n) is 17.5. The maximum Gasteiger partial charge on any atom is 0.162 e. The fourth-order valence-corrected chi connectivity index (χ4v) is 7.64. The lowest BCUT2D eigenvalue weighted by molar-refractivity contribution is -0.0237. The van der Waals surface area contributed by atoms with Crippen LogP contribution in [0.4, 0.5) is 0 Å². The zero-order chi connectivity index (χ0) is 19.8. The van der Waals surface area contributed by atoms with Crippen molar-refractivity contribution < 1.29 is 5.11 Å². The van der Waals surface area contributed by atoms with E-state index in [1.54, 1.807) is 5.57 Å². The highest BCUT2D eigenvalue weighted by Crippen LogP contribution is 2.66. The number of hydrogen-bond donors (Lipinski definition) is 1. The molecular formula is C25H31N3O. The molecule has 29 heavy (non-hydrogen) atoms. The molecule has 4 aliphatic carbocycles. The Kier molecular flexibility index (Phi) is 3.72. The summed E-state index contributed by atoms with van der Waals surface area (Å²) in [5.41, 5.74) is 5.78. The molecule has 6 atom stereocenters. The molecule has 6 rings (SSSR count). The van der Waals surface area contributed by atoms with E-state index in [9.17, 15) is 5.11 Å². The summed E-state index contributed by atoms with van der Waals surface area (Å²) in [7, 11) is 0. The second-order valence-electron chi connectivity index (χ2n) is 10.4. The van der Waals surface area contributed by atoms with Gasteiger partial charge >= 0.3 is 0 Å². The minimum Gasteiger partial charge on any atom is -0.393 e. The van der Waals surface area contributed by atoms with E-state index in [0.717, 1.165) is 36.7 Å². The fourth-order valence-electron chi connectivity index (χ4n) is 7.64. The Bertz CT molecular complexity index is 1040. The highest BCUT2D eigenvalue weighted by atomic mass is 16.3. The topological polar surface area (TPSA) is 50.4 Å². The summed E-state index contributed by atoms with van der Waals surface area (Å²) in [6.45, 7) is 5.01. The van der Waals surface area contributed by atoms with E-state index in [0.29, 0.717) is 11.3 Å². The molecule has 2 aromatic rings. The number of aliphatic hydroxyl groups excluding tert-OH is 1. The Balaban J connectivity index is 1.36. The van der Waals surface area contributed by atoms with Crippen molar-refractivity contribution in [3.8, 4) is 0 Å². The Morgan fingerprint density at radius 2 is 1.93 bits per heavy atom. The van der Waals surface area contributed by atoms with Gasteiger partial charge in [0.2, 0.25) is 0 Å². The second-order valence-corrected chi connectivity index (χ2v) is 10.4. The van der Waals surface area contributed by atoms with E-state index < -0.39 is 0 Å². The van der Waals surface area contributed by atoms with E-state index in [4.69, 9.17) is 0 Å². The van der Waals surface area contributed by atoms with Crippen LogP contribution in [0.25, 0.3) is 11.2 Å². The van der Waals surface area contributed by atoms with Crippen LogP contribution in [0.3, 0.4) is 0 Å². The van der Waals surface area contributed by atoms with Crippen LogP contribution in [0.5, 0.6) is 0 Å². The van der Waals surface area contributed by atoms with E-state index in [1.165, 1.54) is 36.8 Å². The SMILES string of the molecule is C[C@]12CC[C@H](O)CC1=CC[C@@H]1[C@@H]2CC[C@]2(C)C(c3cnn4cccnc34)=CC[C@@H]12. The van der Waals surface area contributed by atoms with Gasteiger partial charge < -0.3 is 5.11 Å². The standard InChI is InChI=1S/C25H31N3O/c1-24-10-8-17(29)14-16(24)4-5-18-20-6-7-21(25(20,2)11-9-22(18)24)19-15-27-28-13-3-12-26-23(19)28/h3-4,7,12-13,15,17-18,20,22,29H,5-6,8-11,14H2,1-2H3/t17-,18-,20-,22-,24-,25-/m0/s1. The van der Waals surface area contributed by atoms with Crippen molar-refractivity contribution in [2.75, 3.05) is 0 Å². The van der Waals surface area contributed by atoms with E-state index in [-0.39, 0.29) is 11.5 Å². The molecule has 0 bridgehead atoms. The van der Waals surface area contributed by atoms with Gasteiger partial charge in [-0.25, -0.2) is 9.50 Å². The van der Waals surface area contributed by atoms with Crippen LogP contribution >= 0.6 is 0 Å². The summed E-state index contributed by atoms with van der Waals surface area (Å²) in [5, 5.41) is 14.8. The number of aliphatic hydroxyl groups is 1. The molecule has 0 amide bonds. The first kappa shape index (κ1) is 17.9. The number of rotatable bonds is 1. The first-order valence-corrected chi connectivity index (χ1v) is 11.4. The number of hydrogen-bond acceptors (Lipinski definition) is 3. The van der Waals surface area contributed by atoms with Crippen molar-refractivity contribution in [3.05, 3.63) is 47.9 Å². The molecule has 0 aromatic carbocycles. The summed E-state index contributed by atoms with van der Waals surface area (Å²) >= 11 is 0. The molecule has 152 valence electrons.